The van der Waals surface area contributed by atoms with Gasteiger partial charge in [-0.2, -0.15) is 0 Å². The van der Waals surface area contributed by atoms with Gasteiger partial charge in [-0.05, 0) is 46.5 Å². The monoisotopic (exact) mass is 475 g/mol. The first kappa shape index (κ1) is 23.9. The number of nitrogens with zero attached hydrogens (tertiary/aromatic N) is 2. The topological polar surface area (TPSA) is 71.0 Å². The number of nitrogens with one attached hydrogen (secondary N) is 1. The molecule has 1 rings (SSSR count). The van der Waals surface area contributed by atoms with Crippen LogP contribution in [0.2, 0.25) is 0 Å². The number of ether oxygens (including phenoxy) is 1. The van der Waals surface area contributed by atoms with Crippen molar-refractivity contribution in [2.75, 3.05) is 45.6 Å². The van der Waals surface area contributed by atoms with Crippen molar-refractivity contribution in [2.45, 2.75) is 45.3 Å². The lowest BCUT2D eigenvalue weighted by atomic mass is 10.3. The maximum Gasteiger partial charge on any atom is 0.193 e. The number of guanidine groups is 1. The highest BCUT2D eigenvalue weighted by molar-refractivity contribution is 14.0. The van der Waals surface area contributed by atoms with E-state index in [2.05, 4.69) is 10.3 Å². The number of likely N-dealkylation sites (N-methyl/N-ethyl adjacent to an activating group) is 1. The second kappa shape index (κ2) is 10.8. The van der Waals surface area contributed by atoms with Crippen LogP contribution in [0, 0.1) is 5.92 Å². The molecule has 24 heavy (non-hydrogen) atoms. The number of hydrogen-bond donors (Lipinski definition) is 1. The van der Waals surface area contributed by atoms with Gasteiger partial charge in [0.2, 0.25) is 0 Å². The molecule has 6 nitrogen and oxygen atoms in total. The summed E-state index contributed by atoms with van der Waals surface area (Å²) in [6.07, 6.45) is 2.59. The molecule has 0 aliphatic heterocycles. The molecular weight excluding hydrogens is 441 g/mol. The van der Waals surface area contributed by atoms with Crippen LogP contribution in [0.4, 0.5) is 0 Å². The third kappa shape index (κ3) is 8.84. The van der Waals surface area contributed by atoms with Gasteiger partial charge in [0.25, 0.3) is 0 Å². The first-order chi connectivity index (χ1) is 10.7. The normalized spacial score (nSPS) is 15.8. The van der Waals surface area contributed by atoms with Crippen LogP contribution in [-0.2, 0) is 14.6 Å². The van der Waals surface area contributed by atoms with Gasteiger partial charge < -0.3 is 15.0 Å². The van der Waals surface area contributed by atoms with Gasteiger partial charge in [0.15, 0.2) is 15.8 Å². The smallest absolute Gasteiger partial charge is 0.193 e. The average Bonchev–Trinajstić information content (AvgIpc) is 3.25. The summed E-state index contributed by atoms with van der Waals surface area (Å²) < 4.78 is 29.1. The van der Waals surface area contributed by atoms with E-state index >= 15 is 0 Å². The Labute approximate surface area is 164 Å². The fourth-order valence-corrected chi connectivity index (χ4v) is 2.83. The molecule has 0 atom stereocenters. The van der Waals surface area contributed by atoms with Gasteiger partial charge in [0.05, 0.1) is 23.7 Å². The van der Waals surface area contributed by atoms with Crippen molar-refractivity contribution in [1.29, 1.82) is 0 Å². The molecule has 1 fully saturated rings. The lowest BCUT2D eigenvalue weighted by Gasteiger charge is -2.22. The van der Waals surface area contributed by atoms with Crippen molar-refractivity contribution in [3.63, 3.8) is 0 Å². The average molecular weight is 475 g/mol. The molecule has 144 valence electrons. The summed E-state index contributed by atoms with van der Waals surface area (Å²) in [5, 5.41) is 3.19. The van der Waals surface area contributed by atoms with Crippen LogP contribution < -0.4 is 5.32 Å². The summed E-state index contributed by atoms with van der Waals surface area (Å²) in [5.41, 5.74) is 0. The number of sulfone groups is 1. The van der Waals surface area contributed by atoms with E-state index in [1.807, 2.05) is 18.9 Å². The molecule has 1 aliphatic carbocycles. The molecule has 0 saturated heterocycles. The molecule has 0 spiro atoms. The lowest BCUT2D eigenvalue weighted by molar-refractivity contribution is 0.115. The van der Waals surface area contributed by atoms with Crippen molar-refractivity contribution in [1.82, 2.24) is 10.2 Å². The van der Waals surface area contributed by atoms with E-state index in [1.165, 1.54) is 12.8 Å². The molecule has 0 heterocycles. The third-order valence-electron chi connectivity index (χ3n) is 3.87. The molecule has 0 aromatic heterocycles. The van der Waals surface area contributed by atoms with Gasteiger partial charge >= 0.3 is 0 Å². The highest BCUT2D eigenvalue weighted by atomic mass is 127. The van der Waals surface area contributed by atoms with Crippen molar-refractivity contribution in [3.8, 4) is 0 Å². The predicted molar refractivity (Wildman–Crippen MR) is 111 cm³/mol. The second-order valence-electron chi connectivity index (χ2n) is 7.11. The molecule has 0 amide bonds. The van der Waals surface area contributed by atoms with E-state index in [9.17, 15) is 8.42 Å². The van der Waals surface area contributed by atoms with Gasteiger partial charge in [-0.1, -0.05) is 0 Å². The Bertz CT molecular complexity index is 485. The van der Waals surface area contributed by atoms with Crippen molar-refractivity contribution in [2.24, 2.45) is 10.9 Å². The van der Waals surface area contributed by atoms with Crippen LogP contribution in [0.15, 0.2) is 4.99 Å². The second-order valence-corrected chi connectivity index (χ2v) is 9.97. The minimum atomic E-state index is -3.14. The third-order valence-corrected chi connectivity index (χ3v) is 6.46. The van der Waals surface area contributed by atoms with Crippen LogP contribution in [0.1, 0.15) is 40.5 Å². The molecule has 0 aromatic rings. The Morgan fingerprint density at radius 1 is 1.33 bits per heavy atom. The Morgan fingerprint density at radius 2 is 1.96 bits per heavy atom. The molecular formula is C16H34IN3O3S. The Kier molecular flexibility index (Phi) is 10.8. The number of aliphatic imine (C=N–C) groups is 1. The molecule has 0 radical (unpaired) electrons. The highest BCUT2D eigenvalue weighted by Gasteiger charge is 2.28. The molecule has 0 bridgehead atoms. The number of hydrogen-bond acceptors (Lipinski definition) is 4. The minimum Gasteiger partial charge on any atom is -0.379 e. The van der Waals surface area contributed by atoms with Crippen LogP contribution in [-0.4, -0.2) is 69.7 Å². The molecule has 0 unspecified atom stereocenters. The van der Waals surface area contributed by atoms with Crippen LogP contribution >= 0.6 is 24.0 Å². The zero-order valence-corrected chi connectivity index (χ0v) is 18.8. The Hall–Kier alpha value is -0.0900. The van der Waals surface area contributed by atoms with E-state index in [0.717, 1.165) is 31.6 Å². The molecule has 0 aromatic carbocycles. The summed E-state index contributed by atoms with van der Waals surface area (Å²) in [6, 6.07) is 0. The van der Waals surface area contributed by atoms with Crippen molar-refractivity contribution >= 4 is 39.8 Å². The summed E-state index contributed by atoms with van der Waals surface area (Å²) >= 11 is 0. The summed E-state index contributed by atoms with van der Waals surface area (Å²) in [6.45, 7) is 10.4. The van der Waals surface area contributed by atoms with Crippen molar-refractivity contribution < 1.29 is 13.2 Å². The van der Waals surface area contributed by atoms with E-state index in [0.29, 0.717) is 6.61 Å². The van der Waals surface area contributed by atoms with Crippen LogP contribution in [0.3, 0.4) is 0 Å². The van der Waals surface area contributed by atoms with Crippen molar-refractivity contribution in [3.05, 3.63) is 0 Å². The molecule has 1 aliphatic rings. The van der Waals surface area contributed by atoms with Gasteiger partial charge in [0, 0.05) is 26.7 Å². The maximum atomic E-state index is 12.1. The first-order valence-corrected chi connectivity index (χ1v) is 10.1. The largest absolute Gasteiger partial charge is 0.379 e. The minimum absolute atomic E-state index is 0. The standard InChI is InChI=1S/C16H33N3O3S.HI/c1-6-17-15(18-9-12-23(20,21)16(2,3)4)19(5)10-11-22-13-14-7-8-14;/h14H,6-13H2,1-5H3,(H,17,18);1H. The van der Waals surface area contributed by atoms with Crippen LogP contribution in [0.25, 0.3) is 0 Å². The highest BCUT2D eigenvalue weighted by Crippen LogP contribution is 2.28. The number of rotatable bonds is 9. The first-order valence-electron chi connectivity index (χ1n) is 8.47. The molecule has 1 saturated carbocycles. The summed E-state index contributed by atoms with van der Waals surface area (Å²) in [7, 11) is -1.19. The SMILES string of the molecule is CCNC(=NCCS(=O)(=O)C(C)(C)C)N(C)CCOCC1CC1.I. The van der Waals surface area contributed by atoms with Gasteiger partial charge in [-0.25, -0.2) is 8.42 Å². The predicted octanol–water partition coefficient (Wildman–Crippen LogP) is 2.14. The summed E-state index contributed by atoms with van der Waals surface area (Å²) in [5.74, 6) is 1.56. The molecule has 8 heteroatoms. The quantitative estimate of drug-likeness (QED) is 0.240. The zero-order chi connectivity index (χ0) is 17.5. The summed E-state index contributed by atoms with van der Waals surface area (Å²) in [4.78, 5) is 6.42. The van der Waals surface area contributed by atoms with E-state index in [1.54, 1.807) is 20.8 Å². The van der Waals surface area contributed by atoms with Crippen LogP contribution in [0.5, 0.6) is 0 Å². The maximum absolute atomic E-state index is 12.1. The van der Waals surface area contributed by atoms with E-state index in [4.69, 9.17) is 4.74 Å². The number of halogens is 1. The fourth-order valence-electron chi connectivity index (χ4n) is 1.89. The van der Waals surface area contributed by atoms with Gasteiger partial charge in [-0.3, -0.25) is 4.99 Å². The molecule has 1 N–H and O–H groups in total. The van der Waals surface area contributed by atoms with E-state index in [-0.39, 0.29) is 36.3 Å². The Balaban J connectivity index is 0.00000529. The van der Waals surface area contributed by atoms with E-state index < -0.39 is 14.6 Å². The fraction of sp³-hybridized carbons (Fsp3) is 0.938. The van der Waals surface area contributed by atoms with Gasteiger partial charge in [0.1, 0.15) is 0 Å². The Morgan fingerprint density at radius 3 is 2.46 bits per heavy atom. The zero-order valence-electron chi connectivity index (χ0n) is 15.7. The lowest BCUT2D eigenvalue weighted by Crippen LogP contribution is -2.41. The van der Waals surface area contributed by atoms with Gasteiger partial charge in [-0.15, -0.1) is 24.0 Å².